The lowest BCUT2D eigenvalue weighted by Gasteiger charge is -2.30. The van der Waals surface area contributed by atoms with Crippen molar-refractivity contribution in [3.63, 3.8) is 0 Å². The molecule has 5 nitrogen and oxygen atoms in total. The Bertz CT molecular complexity index is 887. The maximum Gasteiger partial charge on any atom is 0.251 e. The number of benzene rings is 2. The molecule has 0 aromatic heterocycles. The van der Waals surface area contributed by atoms with Crippen molar-refractivity contribution in [2.45, 2.75) is 11.4 Å². The molecular formula is C20H21ClFN3O2S. The fraction of sp³-hybridized carbons (Fsp3) is 0.300. The van der Waals surface area contributed by atoms with E-state index >= 15 is 0 Å². The number of halogens is 2. The summed E-state index contributed by atoms with van der Waals surface area (Å²) in [4.78, 5) is 29.3. The van der Waals surface area contributed by atoms with Crippen molar-refractivity contribution in [1.29, 1.82) is 0 Å². The van der Waals surface area contributed by atoms with E-state index in [1.54, 1.807) is 18.2 Å². The Kier molecular flexibility index (Phi) is 6.59. The van der Waals surface area contributed by atoms with E-state index in [-0.39, 0.29) is 34.7 Å². The zero-order valence-corrected chi connectivity index (χ0v) is 17.2. The normalized spacial score (nSPS) is 13.6. The van der Waals surface area contributed by atoms with E-state index in [4.69, 9.17) is 11.6 Å². The Morgan fingerprint density at radius 2 is 2.11 bits per heavy atom. The molecule has 2 aromatic carbocycles. The number of anilines is 1. The predicted molar refractivity (Wildman–Crippen MR) is 111 cm³/mol. The number of fused-ring (bicyclic) bond motifs is 1. The van der Waals surface area contributed by atoms with Crippen molar-refractivity contribution >= 4 is 40.9 Å². The molecule has 0 aliphatic carbocycles. The van der Waals surface area contributed by atoms with Gasteiger partial charge in [0.15, 0.2) is 0 Å². The summed E-state index contributed by atoms with van der Waals surface area (Å²) < 4.78 is 14.2. The van der Waals surface area contributed by atoms with Crippen LogP contribution in [0.15, 0.2) is 41.3 Å². The Hall–Kier alpha value is -2.09. The number of amides is 2. The first-order chi connectivity index (χ1) is 13.4. The lowest BCUT2D eigenvalue weighted by molar-refractivity contribution is -0.116. The lowest BCUT2D eigenvalue weighted by atomic mass is 10.1. The Morgan fingerprint density at radius 3 is 2.82 bits per heavy atom. The van der Waals surface area contributed by atoms with Gasteiger partial charge in [0.1, 0.15) is 5.82 Å². The van der Waals surface area contributed by atoms with Gasteiger partial charge in [-0.25, -0.2) is 4.39 Å². The highest BCUT2D eigenvalue weighted by Crippen LogP contribution is 2.37. The average molecular weight is 422 g/mol. The van der Waals surface area contributed by atoms with Crippen LogP contribution in [-0.4, -0.2) is 49.7 Å². The first-order valence-corrected chi connectivity index (χ1v) is 10.2. The minimum Gasteiger partial charge on any atom is -0.351 e. The number of nitrogens with one attached hydrogen (secondary N) is 1. The number of nitrogens with zero attached hydrogens (tertiary/aromatic N) is 2. The lowest BCUT2D eigenvalue weighted by Crippen LogP contribution is -2.36. The SMILES string of the molecule is CN(C)CCNC(=O)c1ccc2c(c1)N(Cc1c(F)cccc1Cl)C(=O)CS2. The van der Waals surface area contributed by atoms with Crippen molar-refractivity contribution in [2.24, 2.45) is 0 Å². The molecule has 0 spiro atoms. The highest BCUT2D eigenvalue weighted by molar-refractivity contribution is 8.00. The third-order valence-corrected chi connectivity index (χ3v) is 5.79. The summed E-state index contributed by atoms with van der Waals surface area (Å²) in [5.41, 5.74) is 1.31. The topological polar surface area (TPSA) is 52.7 Å². The molecule has 0 radical (unpaired) electrons. The maximum absolute atomic E-state index is 14.2. The molecule has 0 atom stereocenters. The van der Waals surface area contributed by atoms with E-state index in [2.05, 4.69) is 5.32 Å². The summed E-state index contributed by atoms with van der Waals surface area (Å²) in [6.07, 6.45) is 0. The zero-order valence-electron chi connectivity index (χ0n) is 15.7. The van der Waals surface area contributed by atoms with Crippen LogP contribution in [0.4, 0.5) is 10.1 Å². The quantitative estimate of drug-likeness (QED) is 0.776. The summed E-state index contributed by atoms with van der Waals surface area (Å²) in [5.74, 6) is -0.566. The van der Waals surface area contributed by atoms with Gasteiger partial charge in [-0.05, 0) is 44.4 Å². The van der Waals surface area contributed by atoms with Crippen LogP contribution in [0.2, 0.25) is 5.02 Å². The van der Waals surface area contributed by atoms with Crippen LogP contribution in [0.5, 0.6) is 0 Å². The van der Waals surface area contributed by atoms with Gasteiger partial charge in [-0.1, -0.05) is 17.7 Å². The number of carbonyl (C=O) groups excluding carboxylic acids is 2. The van der Waals surface area contributed by atoms with Crippen LogP contribution in [-0.2, 0) is 11.3 Å². The van der Waals surface area contributed by atoms with E-state index in [0.717, 1.165) is 11.4 Å². The number of hydrogen-bond acceptors (Lipinski definition) is 4. The third kappa shape index (κ3) is 4.66. The van der Waals surface area contributed by atoms with Crippen molar-refractivity contribution < 1.29 is 14.0 Å². The van der Waals surface area contributed by atoms with Crippen LogP contribution < -0.4 is 10.2 Å². The Balaban J connectivity index is 1.87. The van der Waals surface area contributed by atoms with E-state index in [1.165, 1.54) is 28.8 Å². The number of hydrogen-bond donors (Lipinski definition) is 1. The standard InChI is InChI=1S/C20H21ClFN3O2S/c1-24(2)9-8-23-20(27)13-6-7-18-17(10-13)25(19(26)12-28-18)11-14-15(21)4-3-5-16(14)22/h3-7,10H,8-9,11-12H2,1-2H3,(H,23,27). The average Bonchev–Trinajstić information content (AvgIpc) is 2.65. The van der Waals surface area contributed by atoms with Crippen molar-refractivity contribution in [2.75, 3.05) is 37.8 Å². The van der Waals surface area contributed by atoms with E-state index in [0.29, 0.717) is 17.8 Å². The molecule has 0 fully saturated rings. The van der Waals surface area contributed by atoms with Gasteiger partial charge in [0, 0.05) is 34.1 Å². The number of rotatable bonds is 6. The van der Waals surface area contributed by atoms with Gasteiger partial charge in [0.25, 0.3) is 5.91 Å². The van der Waals surface area contributed by atoms with Crippen LogP contribution in [0.3, 0.4) is 0 Å². The van der Waals surface area contributed by atoms with Gasteiger partial charge in [0.2, 0.25) is 5.91 Å². The van der Waals surface area contributed by atoms with Gasteiger partial charge in [-0.3, -0.25) is 9.59 Å². The summed E-state index contributed by atoms with van der Waals surface area (Å²) in [6.45, 7) is 1.26. The minimum atomic E-state index is -0.461. The molecule has 0 saturated heterocycles. The molecule has 148 valence electrons. The fourth-order valence-electron chi connectivity index (χ4n) is 2.85. The highest BCUT2D eigenvalue weighted by Gasteiger charge is 2.27. The minimum absolute atomic E-state index is 0.0175. The van der Waals surface area contributed by atoms with E-state index < -0.39 is 5.82 Å². The van der Waals surface area contributed by atoms with Crippen molar-refractivity contribution in [3.05, 3.63) is 58.4 Å². The van der Waals surface area contributed by atoms with Crippen molar-refractivity contribution in [3.8, 4) is 0 Å². The molecule has 0 saturated carbocycles. The molecule has 1 aliphatic heterocycles. The number of carbonyl (C=O) groups is 2. The summed E-state index contributed by atoms with van der Waals surface area (Å²) in [7, 11) is 3.86. The summed E-state index contributed by atoms with van der Waals surface area (Å²) in [6, 6.07) is 9.68. The first kappa shape index (κ1) is 20.6. The van der Waals surface area contributed by atoms with Crippen LogP contribution in [0.1, 0.15) is 15.9 Å². The molecule has 2 aromatic rings. The van der Waals surface area contributed by atoms with Gasteiger partial charge in [-0.15, -0.1) is 11.8 Å². The monoisotopic (exact) mass is 421 g/mol. The molecule has 1 N–H and O–H groups in total. The smallest absolute Gasteiger partial charge is 0.251 e. The number of likely N-dealkylation sites (N-methyl/N-ethyl adjacent to an activating group) is 1. The van der Waals surface area contributed by atoms with Gasteiger partial charge >= 0.3 is 0 Å². The second-order valence-electron chi connectivity index (χ2n) is 6.71. The zero-order chi connectivity index (χ0) is 20.3. The Morgan fingerprint density at radius 1 is 1.32 bits per heavy atom. The van der Waals surface area contributed by atoms with Crippen LogP contribution in [0.25, 0.3) is 0 Å². The van der Waals surface area contributed by atoms with E-state index in [1.807, 2.05) is 25.1 Å². The Labute approximate surface area is 172 Å². The largest absolute Gasteiger partial charge is 0.351 e. The molecule has 2 amide bonds. The van der Waals surface area contributed by atoms with Crippen molar-refractivity contribution in [1.82, 2.24) is 10.2 Å². The molecule has 3 rings (SSSR count). The second-order valence-corrected chi connectivity index (χ2v) is 8.13. The molecule has 0 unspecified atom stereocenters. The molecule has 0 bridgehead atoms. The van der Waals surface area contributed by atoms with Gasteiger partial charge < -0.3 is 15.1 Å². The maximum atomic E-state index is 14.2. The highest BCUT2D eigenvalue weighted by atomic mass is 35.5. The van der Waals surface area contributed by atoms with Crippen LogP contribution >= 0.6 is 23.4 Å². The third-order valence-electron chi connectivity index (χ3n) is 4.39. The number of thioether (sulfide) groups is 1. The van der Waals surface area contributed by atoms with E-state index in [9.17, 15) is 14.0 Å². The van der Waals surface area contributed by atoms with Crippen LogP contribution in [0, 0.1) is 5.82 Å². The molecule has 8 heteroatoms. The first-order valence-electron chi connectivity index (χ1n) is 8.80. The molecule has 1 aliphatic rings. The summed E-state index contributed by atoms with van der Waals surface area (Å²) in [5, 5.41) is 3.13. The summed E-state index contributed by atoms with van der Waals surface area (Å²) >= 11 is 7.54. The van der Waals surface area contributed by atoms with Gasteiger partial charge in [0.05, 0.1) is 18.0 Å². The predicted octanol–water partition coefficient (Wildman–Crippen LogP) is 3.41. The molecule has 28 heavy (non-hydrogen) atoms. The van der Waals surface area contributed by atoms with Gasteiger partial charge in [-0.2, -0.15) is 0 Å². The molecular weight excluding hydrogens is 401 g/mol. The molecule has 1 heterocycles. The fourth-order valence-corrected chi connectivity index (χ4v) is 3.99. The second kappa shape index (κ2) is 8.94.